The van der Waals surface area contributed by atoms with Crippen LogP contribution in [0, 0.1) is 0 Å². The second kappa shape index (κ2) is 44.4. The number of amides is 2. The minimum Gasteiger partial charge on any atom is -0.548 e. The van der Waals surface area contributed by atoms with Crippen LogP contribution in [0.15, 0.2) is 0 Å². The van der Waals surface area contributed by atoms with Gasteiger partial charge in [0, 0.05) is 25.7 Å². The van der Waals surface area contributed by atoms with Crippen LogP contribution in [0.1, 0.15) is 219 Å². The maximum atomic E-state index is 11.9. The van der Waals surface area contributed by atoms with Crippen molar-refractivity contribution in [2.24, 2.45) is 0 Å². The molecule has 0 saturated carbocycles. The third-order valence-corrected chi connectivity index (χ3v) is 9.98. The number of carboxylic acid groups (broad SMARTS) is 2. The molecule has 0 heterocycles. The Kier molecular flexibility index (Phi) is 45.7. The van der Waals surface area contributed by atoms with Crippen LogP contribution in [-0.4, -0.2) is 62.0 Å². The summed E-state index contributed by atoms with van der Waals surface area (Å²) >= 11 is 0. The van der Waals surface area contributed by atoms with Gasteiger partial charge in [-0.2, -0.15) is 0 Å². The van der Waals surface area contributed by atoms with Crippen molar-refractivity contribution in [2.45, 2.75) is 231 Å². The van der Waals surface area contributed by atoms with Crippen molar-refractivity contribution in [3.63, 3.8) is 0 Å². The van der Waals surface area contributed by atoms with Gasteiger partial charge in [0.05, 0.1) is 38.2 Å². The van der Waals surface area contributed by atoms with Crippen LogP contribution in [-0.2, 0) is 55.3 Å². The molecule has 57 heavy (non-hydrogen) atoms. The van der Waals surface area contributed by atoms with E-state index in [1.54, 1.807) is 0 Å². The van der Waals surface area contributed by atoms with E-state index in [1.807, 2.05) is 0 Å². The summed E-state index contributed by atoms with van der Waals surface area (Å²) in [4.78, 5) is 68.0. The molecular weight excluding hydrogens is 780 g/mol. The summed E-state index contributed by atoms with van der Waals surface area (Å²) in [5.74, 6) is -4.36. The van der Waals surface area contributed by atoms with Gasteiger partial charge >= 0.3 is 29.0 Å². The van der Waals surface area contributed by atoms with Gasteiger partial charge < -0.3 is 39.9 Å². The first-order valence-corrected chi connectivity index (χ1v) is 22.2. The monoisotopic (exact) mass is 860 g/mol. The van der Waals surface area contributed by atoms with Crippen molar-refractivity contribution in [1.29, 1.82) is 0 Å². The van der Waals surface area contributed by atoms with E-state index < -0.39 is 36.0 Å². The summed E-state index contributed by atoms with van der Waals surface area (Å²) in [6, 6.07) is -2.29. The Bertz CT molecular complexity index is 936. The molecule has 0 spiro atoms. The number of unbranched alkanes of at least 4 members (excludes halogenated alkanes) is 24. The van der Waals surface area contributed by atoms with Crippen LogP contribution in [0.2, 0.25) is 0 Å². The third kappa shape index (κ3) is 42.8. The van der Waals surface area contributed by atoms with Gasteiger partial charge in [0.25, 0.3) is 0 Å². The van der Waals surface area contributed by atoms with Gasteiger partial charge in [-0.05, 0) is 25.7 Å². The standard InChI is InChI=1S/2C22H41NO5.Cu/c2*1-3-4-5-6-7-8-9-10-11-12-13-14-15-16-20(24)23-19(22(26)27)17-18-21(25)28-2;/h2*19H,3-18H2,1-2H3,(H,23,24)(H,26,27);/q;;+2/p-2/t2*19-;/m00./s1. The minimum absolute atomic E-state index is 0. The Balaban J connectivity index is -0.00000101. The molecule has 2 amide bonds. The number of hydrogen-bond donors (Lipinski definition) is 2. The second-order valence-electron chi connectivity index (χ2n) is 15.1. The first-order chi connectivity index (χ1) is 27.0. The number of carbonyl (C=O) groups is 6. The number of carboxylic acids is 2. The molecule has 0 rings (SSSR count). The van der Waals surface area contributed by atoms with Crippen molar-refractivity contribution in [2.75, 3.05) is 14.2 Å². The Morgan fingerprint density at radius 3 is 0.842 bits per heavy atom. The molecule has 0 aliphatic carbocycles. The summed E-state index contributed by atoms with van der Waals surface area (Å²) in [5.41, 5.74) is 0. The molecular formula is C44H80CuN2O10. The number of nitrogens with one attached hydrogen (secondary N) is 2. The van der Waals surface area contributed by atoms with Gasteiger partial charge in [-0.15, -0.1) is 0 Å². The van der Waals surface area contributed by atoms with Gasteiger partial charge in [0.2, 0.25) is 11.8 Å². The van der Waals surface area contributed by atoms with Crippen LogP contribution in [0.5, 0.6) is 0 Å². The van der Waals surface area contributed by atoms with Crippen molar-refractivity contribution >= 4 is 35.7 Å². The van der Waals surface area contributed by atoms with Crippen molar-refractivity contribution in [1.82, 2.24) is 10.6 Å². The molecule has 13 heteroatoms. The molecule has 0 aromatic heterocycles. The molecule has 337 valence electrons. The van der Waals surface area contributed by atoms with Gasteiger partial charge in [-0.3, -0.25) is 19.2 Å². The Morgan fingerprint density at radius 2 is 0.632 bits per heavy atom. The topological polar surface area (TPSA) is 191 Å². The number of aliphatic carboxylic acids is 2. The number of hydrogen-bond acceptors (Lipinski definition) is 10. The average Bonchev–Trinajstić information content (AvgIpc) is 3.18. The third-order valence-electron chi connectivity index (χ3n) is 9.98. The number of esters is 2. The molecule has 0 unspecified atom stereocenters. The summed E-state index contributed by atoms with van der Waals surface area (Å²) < 4.78 is 8.95. The fourth-order valence-corrected chi connectivity index (χ4v) is 6.37. The van der Waals surface area contributed by atoms with E-state index in [-0.39, 0.29) is 54.6 Å². The molecule has 0 aliphatic rings. The van der Waals surface area contributed by atoms with E-state index in [2.05, 4.69) is 34.0 Å². The Hall–Kier alpha value is -2.66. The molecule has 12 nitrogen and oxygen atoms in total. The zero-order valence-electron chi connectivity index (χ0n) is 36.2. The Morgan fingerprint density at radius 1 is 0.404 bits per heavy atom. The van der Waals surface area contributed by atoms with Crippen LogP contribution in [0.4, 0.5) is 0 Å². The molecule has 0 saturated heterocycles. The fourth-order valence-electron chi connectivity index (χ4n) is 6.37. The van der Waals surface area contributed by atoms with Gasteiger partial charge in [0.1, 0.15) is 0 Å². The van der Waals surface area contributed by atoms with E-state index in [0.29, 0.717) is 12.8 Å². The molecule has 2 N–H and O–H groups in total. The van der Waals surface area contributed by atoms with Crippen molar-refractivity contribution < 1.29 is 65.5 Å². The minimum atomic E-state index is -1.37. The number of ether oxygens (including phenoxy) is 2. The second-order valence-corrected chi connectivity index (χ2v) is 15.1. The maximum absolute atomic E-state index is 11.9. The molecule has 0 bridgehead atoms. The van der Waals surface area contributed by atoms with Crippen LogP contribution in [0.3, 0.4) is 0 Å². The predicted octanol–water partition coefficient (Wildman–Crippen LogP) is 7.31. The van der Waals surface area contributed by atoms with Crippen LogP contribution in [0.25, 0.3) is 0 Å². The number of carbonyl (C=O) groups excluding carboxylic acids is 6. The zero-order chi connectivity index (χ0) is 42.1. The van der Waals surface area contributed by atoms with Gasteiger partial charge in [0.15, 0.2) is 0 Å². The van der Waals surface area contributed by atoms with E-state index in [1.165, 1.54) is 143 Å². The molecule has 1 radical (unpaired) electrons. The summed E-state index contributed by atoms with van der Waals surface area (Å²) in [6.45, 7) is 4.48. The summed E-state index contributed by atoms with van der Waals surface area (Å²) in [5, 5.41) is 27.0. The average molecular weight is 861 g/mol. The van der Waals surface area contributed by atoms with Crippen LogP contribution >= 0.6 is 0 Å². The molecule has 0 aromatic rings. The van der Waals surface area contributed by atoms with Gasteiger partial charge in [-0.1, -0.05) is 168 Å². The van der Waals surface area contributed by atoms with Crippen molar-refractivity contribution in [3.8, 4) is 0 Å². The predicted molar refractivity (Wildman–Crippen MR) is 217 cm³/mol. The summed E-state index contributed by atoms with van der Waals surface area (Å²) in [6.07, 6.45) is 32.5. The molecule has 2 atom stereocenters. The molecule has 0 aromatic carbocycles. The van der Waals surface area contributed by atoms with E-state index in [0.717, 1.165) is 38.5 Å². The zero-order valence-corrected chi connectivity index (χ0v) is 37.1. The normalized spacial score (nSPS) is 11.6. The number of methoxy groups -OCH3 is 2. The van der Waals surface area contributed by atoms with E-state index in [4.69, 9.17) is 0 Å². The number of rotatable bonds is 38. The fraction of sp³-hybridized carbons (Fsp3) is 0.864. The quantitative estimate of drug-likeness (QED) is 0.0362. The first-order valence-electron chi connectivity index (χ1n) is 22.2. The van der Waals surface area contributed by atoms with Crippen LogP contribution < -0.4 is 20.8 Å². The maximum Gasteiger partial charge on any atom is 2.00 e. The first kappa shape index (κ1) is 58.7. The SMILES string of the molecule is CCCCCCCCCCCCCCCC(=O)N[C@@H](CCC(=O)OC)C(=O)[O-].CCCCCCCCCCCCCCCC(=O)N[C@@H](CCC(=O)OC)C(=O)[O-].[Cu+2]. The van der Waals surface area contributed by atoms with Crippen molar-refractivity contribution in [3.05, 3.63) is 0 Å². The smallest absolute Gasteiger partial charge is 0.548 e. The Labute approximate surface area is 356 Å². The van der Waals surface area contributed by atoms with Gasteiger partial charge in [-0.25, -0.2) is 0 Å². The molecule has 0 aliphatic heterocycles. The largest absolute Gasteiger partial charge is 2.00 e. The summed E-state index contributed by atoms with van der Waals surface area (Å²) in [7, 11) is 2.48. The van der Waals surface area contributed by atoms with E-state index in [9.17, 15) is 39.0 Å². The van der Waals surface area contributed by atoms with E-state index >= 15 is 0 Å². The molecule has 0 fully saturated rings.